The fourth-order valence-corrected chi connectivity index (χ4v) is 6.25. The molecule has 28 heavy (non-hydrogen) atoms. The van der Waals surface area contributed by atoms with Crippen LogP contribution >= 0.6 is 0 Å². The quantitative estimate of drug-likeness (QED) is 0.298. The first-order valence-electron chi connectivity index (χ1n) is 11.4. The van der Waals surface area contributed by atoms with Crippen molar-refractivity contribution in [2.75, 3.05) is 13.2 Å². The molecule has 0 radical (unpaired) electrons. The van der Waals surface area contributed by atoms with Gasteiger partial charge in [-0.2, -0.15) is 4.31 Å². The lowest BCUT2D eigenvalue weighted by atomic mass is 9.95. The van der Waals surface area contributed by atoms with E-state index in [9.17, 15) is 8.42 Å². The first-order chi connectivity index (χ1) is 12.7. The van der Waals surface area contributed by atoms with Crippen molar-refractivity contribution >= 4 is 18.3 Å². The zero-order chi connectivity index (χ0) is 21.6. The Morgan fingerprint density at radius 2 is 1.43 bits per heavy atom. The van der Waals surface area contributed by atoms with Crippen LogP contribution < -0.4 is 0 Å². The molecule has 0 unspecified atom stereocenters. The molecule has 6 heteroatoms. The van der Waals surface area contributed by atoms with Gasteiger partial charge in [0.1, 0.15) is 0 Å². The average Bonchev–Trinajstić information content (AvgIpc) is 2.55. The third kappa shape index (κ3) is 7.40. The summed E-state index contributed by atoms with van der Waals surface area (Å²) >= 11 is 0. The number of hydrogen-bond acceptors (Lipinski definition) is 3. The summed E-state index contributed by atoms with van der Waals surface area (Å²) in [5.41, 5.74) is 0. The zero-order valence-electron chi connectivity index (χ0n) is 19.9. The van der Waals surface area contributed by atoms with E-state index in [1.807, 2.05) is 25.1 Å². The van der Waals surface area contributed by atoms with Crippen molar-refractivity contribution in [1.29, 1.82) is 0 Å². The van der Waals surface area contributed by atoms with Crippen LogP contribution in [0.5, 0.6) is 0 Å². The van der Waals surface area contributed by atoms with Gasteiger partial charge in [-0.1, -0.05) is 52.9 Å². The van der Waals surface area contributed by atoms with Gasteiger partial charge in [0.15, 0.2) is 8.32 Å². The molecule has 0 amide bonds. The van der Waals surface area contributed by atoms with Crippen LogP contribution in [-0.4, -0.2) is 45.0 Å². The number of nitrogens with zero attached hydrogens (tertiary/aromatic N) is 1. The minimum absolute atomic E-state index is 0.208. The highest BCUT2D eigenvalue weighted by molar-refractivity contribution is 7.90. The normalized spacial score (nSPS) is 18.0. The summed E-state index contributed by atoms with van der Waals surface area (Å²) in [7, 11) is -4.90. The molecule has 0 bridgehead atoms. The predicted molar refractivity (Wildman–Crippen MR) is 124 cm³/mol. The SMILES string of the molecule is CC(C)(C)[Si](C)(C)OCCCCCCN(C1CCCCC1)S(=O)(=O)C(C)(C)C. The molecule has 1 aliphatic rings. The lowest BCUT2D eigenvalue weighted by Gasteiger charge is -2.37. The average molecular weight is 434 g/mol. The van der Waals surface area contributed by atoms with Crippen molar-refractivity contribution in [3.05, 3.63) is 0 Å². The molecule has 1 aliphatic carbocycles. The molecule has 0 spiro atoms. The van der Waals surface area contributed by atoms with Gasteiger partial charge < -0.3 is 4.43 Å². The third-order valence-corrected chi connectivity index (χ3v) is 13.8. The van der Waals surface area contributed by atoms with Crippen LogP contribution in [0.2, 0.25) is 18.1 Å². The van der Waals surface area contributed by atoms with E-state index in [0.717, 1.165) is 58.0 Å². The number of hydrogen-bond donors (Lipinski definition) is 0. The van der Waals surface area contributed by atoms with E-state index in [4.69, 9.17) is 4.43 Å². The monoisotopic (exact) mass is 433 g/mol. The van der Waals surface area contributed by atoms with E-state index in [1.165, 1.54) is 6.42 Å². The number of sulfonamides is 1. The van der Waals surface area contributed by atoms with Crippen molar-refractivity contribution in [3.8, 4) is 0 Å². The Bertz CT molecular complexity index is 555. The summed E-state index contributed by atoms with van der Waals surface area (Å²) in [6.45, 7) is 18.4. The molecule has 0 saturated heterocycles. The van der Waals surface area contributed by atoms with Gasteiger partial charge in [0, 0.05) is 19.2 Å². The highest BCUT2D eigenvalue weighted by Gasteiger charge is 2.39. The van der Waals surface area contributed by atoms with E-state index in [2.05, 4.69) is 33.9 Å². The molecule has 0 heterocycles. The Balaban J connectivity index is 2.48. The van der Waals surface area contributed by atoms with Crippen LogP contribution in [-0.2, 0) is 14.4 Å². The van der Waals surface area contributed by atoms with Crippen molar-refractivity contribution in [2.45, 2.75) is 128 Å². The Morgan fingerprint density at radius 3 is 1.93 bits per heavy atom. The molecule has 0 aromatic carbocycles. The minimum atomic E-state index is -3.26. The minimum Gasteiger partial charge on any atom is -0.417 e. The second-order valence-corrected chi connectivity index (χ2v) is 18.5. The van der Waals surface area contributed by atoms with E-state index < -0.39 is 23.1 Å². The Hall–Kier alpha value is 0.0869. The first kappa shape index (κ1) is 26.1. The summed E-state index contributed by atoms with van der Waals surface area (Å²) in [6, 6.07) is 0.208. The van der Waals surface area contributed by atoms with Gasteiger partial charge in [-0.15, -0.1) is 0 Å². The molecule has 1 rings (SSSR count). The third-order valence-electron chi connectivity index (χ3n) is 6.61. The molecule has 0 atom stereocenters. The van der Waals surface area contributed by atoms with Gasteiger partial charge in [0.25, 0.3) is 0 Å². The van der Waals surface area contributed by atoms with E-state index in [-0.39, 0.29) is 11.1 Å². The maximum Gasteiger partial charge on any atom is 0.219 e. The highest BCUT2D eigenvalue weighted by Crippen LogP contribution is 2.36. The lowest BCUT2D eigenvalue weighted by Crippen LogP contribution is -2.49. The van der Waals surface area contributed by atoms with Gasteiger partial charge in [-0.25, -0.2) is 8.42 Å². The molecule has 4 nitrogen and oxygen atoms in total. The van der Waals surface area contributed by atoms with Crippen LogP contribution in [0.1, 0.15) is 99.3 Å². The second kappa shape index (κ2) is 10.4. The van der Waals surface area contributed by atoms with Crippen LogP contribution in [0.3, 0.4) is 0 Å². The largest absolute Gasteiger partial charge is 0.417 e. The summed E-state index contributed by atoms with van der Waals surface area (Å²) in [5, 5.41) is 0.259. The van der Waals surface area contributed by atoms with Crippen molar-refractivity contribution < 1.29 is 12.8 Å². The predicted octanol–water partition coefficient (Wildman–Crippen LogP) is 6.33. The van der Waals surface area contributed by atoms with Gasteiger partial charge in [-0.05, 0) is 64.6 Å². The molecular weight excluding hydrogens is 386 g/mol. The van der Waals surface area contributed by atoms with Crippen molar-refractivity contribution in [3.63, 3.8) is 0 Å². The van der Waals surface area contributed by atoms with E-state index in [0.29, 0.717) is 6.54 Å². The number of rotatable bonds is 10. The van der Waals surface area contributed by atoms with Gasteiger partial charge in [0.05, 0.1) is 4.75 Å². The van der Waals surface area contributed by atoms with Crippen molar-refractivity contribution in [2.24, 2.45) is 0 Å². The van der Waals surface area contributed by atoms with E-state index in [1.54, 1.807) is 0 Å². The lowest BCUT2D eigenvalue weighted by molar-refractivity contribution is 0.241. The summed E-state index contributed by atoms with van der Waals surface area (Å²) < 4.78 is 33.7. The Morgan fingerprint density at radius 1 is 0.893 bits per heavy atom. The van der Waals surface area contributed by atoms with E-state index >= 15 is 0 Å². The van der Waals surface area contributed by atoms with Crippen LogP contribution in [0, 0.1) is 0 Å². The summed E-state index contributed by atoms with van der Waals surface area (Å²) in [4.78, 5) is 0. The molecular formula is C22H47NO3SSi. The van der Waals surface area contributed by atoms with Gasteiger partial charge >= 0.3 is 0 Å². The van der Waals surface area contributed by atoms with Gasteiger partial charge in [-0.3, -0.25) is 0 Å². The van der Waals surface area contributed by atoms with Crippen LogP contribution in [0.15, 0.2) is 0 Å². The topological polar surface area (TPSA) is 46.6 Å². The van der Waals surface area contributed by atoms with Crippen LogP contribution in [0.4, 0.5) is 0 Å². The molecule has 0 aromatic rings. The fourth-order valence-electron chi connectivity index (χ4n) is 3.49. The van der Waals surface area contributed by atoms with Crippen LogP contribution in [0.25, 0.3) is 0 Å². The van der Waals surface area contributed by atoms with Crippen molar-refractivity contribution in [1.82, 2.24) is 4.31 Å². The Kier molecular flexibility index (Phi) is 9.71. The first-order valence-corrected chi connectivity index (χ1v) is 15.7. The maximum absolute atomic E-state index is 13.1. The zero-order valence-corrected chi connectivity index (χ0v) is 21.8. The molecule has 168 valence electrons. The molecule has 0 N–H and O–H groups in total. The summed E-state index contributed by atoms with van der Waals surface area (Å²) in [6.07, 6.45) is 9.82. The fraction of sp³-hybridized carbons (Fsp3) is 1.00. The Labute approximate surface area is 177 Å². The molecule has 1 fully saturated rings. The maximum atomic E-state index is 13.1. The molecule has 1 saturated carbocycles. The van der Waals surface area contributed by atoms with Gasteiger partial charge in [0.2, 0.25) is 10.0 Å². The smallest absolute Gasteiger partial charge is 0.219 e. The second-order valence-electron chi connectivity index (χ2n) is 11.0. The number of unbranched alkanes of at least 4 members (excludes halogenated alkanes) is 3. The summed E-state index contributed by atoms with van der Waals surface area (Å²) in [5.74, 6) is 0. The standard InChI is InChI=1S/C22H47NO3SSi/c1-21(2,3)27(24,25)23(20-16-12-11-13-17-20)18-14-9-10-15-19-26-28(7,8)22(4,5)6/h20H,9-19H2,1-8H3. The highest BCUT2D eigenvalue weighted by atomic mass is 32.2. The molecule has 0 aliphatic heterocycles. The molecule has 0 aromatic heterocycles.